The molecule has 2 aromatic rings. The summed E-state index contributed by atoms with van der Waals surface area (Å²) < 4.78 is 0. The number of allylic oxidation sites excluding steroid dienone is 2. The van der Waals surface area contributed by atoms with E-state index in [4.69, 9.17) is 11.6 Å². The number of hydrogen-bond donors (Lipinski definition) is 1. The van der Waals surface area contributed by atoms with E-state index in [1.807, 2.05) is 23.1 Å². The number of carbonyl (C=O) groups is 1. The summed E-state index contributed by atoms with van der Waals surface area (Å²) in [6, 6.07) is 14.7. The second-order valence-electron chi connectivity index (χ2n) is 8.54. The number of halogens is 1. The van der Waals surface area contributed by atoms with E-state index in [2.05, 4.69) is 41.7 Å². The van der Waals surface area contributed by atoms with Crippen LogP contribution >= 0.6 is 11.6 Å². The van der Waals surface area contributed by atoms with Gasteiger partial charge < -0.3 is 10.2 Å². The molecule has 1 fully saturated rings. The highest BCUT2D eigenvalue weighted by atomic mass is 35.5. The van der Waals surface area contributed by atoms with E-state index >= 15 is 0 Å². The lowest BCUT2D eigenvalue weighted by atomic mass is 9.76. The Labute approximate surface area is 177 Å². The highest BCUT2D eigenvalue weighted by Crippen LogP contribution is 2.50. The van der Waals surface area contributed by atoms with Crippen LogP contribution in [-0.2, 0) is 0 Å². The summed E-state index contributed by atoms with van der Waals surface area (Å²) in [5, 5.41) is 4.52. The predicted octanol–water partition coefficient (Wildman–Crippen LogP) is 6.18. The second kappa shape index (κ2) is 7.87. The Balaban J connectivity index is 1.45. The number of anilines is 1. The van der Waals surface area contributed by atoms with Crippen molar-refractivity contribution in [2.24, 2.45) is 5.92 Å². The molecule has 29 heavy (non-hydrogen) atoms. The number of benzene rings is 2. The second-order valence-corrected chi connectivity index (χ2v) is 8.97. The molecular weight excluding hydrogens is 380 g/mol. The van der Waals surface area contributed by atoms with E-state index in [1.54, 1.807) is 0 Å². The van der Waals surface area contributed by atoms with Gasteiger partial charge in [-0.15, -0.1) is 0 Å². The zero-order valence-electron chi connectivity index (χ0n) is 16.6. The van der Waals surface area contributed by atoms with Gasteiger partial charge in [0.1, 0.15) is 0 Å². The molecule has 0 aromatic heterocycles. The van der Waals surface area contributed by atoms with Crippen LogP contribution in [0.4, 0.5) is 5.69 Å². The molecule has 4 heteroatoms. The van der Waals surface area contributed by atoms with Crippen LogP contribution in [-0.4, -0.2) is 23.9 Å². The Morgan fingerprint density at radius 2 is 1.76 bits per heavy atom. The number of hydrogen-bond acceptors (Lipinski definition) is 2. The fourth-order valence-corrected chi connectivity index (χ4v) is 5.31. The fourth-order valence-electron chi connectivity index (χ4n) is 5.18. The maximum Gasteiger partial charge on any atom is 0.253 e. The van der Waals surface area contributed by atoms with E-state index in [0.717, 1.165) is 48.6 Å². The molecule has 3 aliphatic rings. The van der Waals surface area contributed by atoms with Crippen molar-refractivity contribution in [1.29, 1.82) is 0 Å². The summed E-state index contributed by atoms with van der Waals surface area (Å²) in [6.07, 6.45) is 10.4. The SMILES string of the molecule is O=C(c1ccc2c(c1)[C@@H]1C=CC[C@H]1[C@H](c1ccc(Cl)cc1)N2)N1CCCCCC1. The average Bonchev–Trinajstić information content (AvgIpc) is 3.09. The van der Waals surface area contributed by atoms with Crippen LogP contribution in [0.5, 0.6) is 0 Å². The number of rotatable bonds is 2. The lowest BCUT2D eigenvalue weighted by molar-refractivity contribution is 0.0761. The first-order chi connectivity index (χ1) is 14.2. The van der Waals surface area contributed by atoms with Gasteiger partial charge in [-0.3, -0.25) is 4.79 Å². The van der Waals surface area contributed by atoms with Gasteiger partial charge in [0.2, 0.25) is 0 Å². The molecule has 5 rings (SSSR count). The monoisotopic (exact) mass is 406 g/mol. The first-order valence-electron chi connectivity index (χ1n) is 10.8. The van der Waals surface area contributed by atoms with Crippen molar-refractivity contribution in [3.05, 3.63) is 76.3 Å². The summed E-state index contributed by atoms with van der Waals surface area (Å²) in [6.45, 7) is 1.78. The van der Waals surface area contributed by atoms with Crippen molar-refractivity contribution in [1.82, 2.24) is 4.90 Å². The molecule has 2 aromatic carbocycles. The number of nitrogens with one attached hydrogen (secondary N) is 1. The summed E-state index contributed by atoms with van der Waals surface area (Å²) >= 11 is 6.10. The molecule has 1 N–H and O–H groups in total. The van der Waals surface area contributed by atoms with Gasteiger partial charge in [-0.05, 0) is 66.6 Å². The first-order valence-corrected chi connectivity index (χ1v) is 11.2. The van der Waals surface area contributed by atoms with E-state index in [0.29, 0.717) is 11.8 Å². The lowest BCUT2D eigenvalue weighted by Gasteiger charge is -2.38. The number of amides is 1. The number of carbonyl (C=O) groups excluding carboxylic acids is 1. The Bertz CT molecular complexity index is 928. The highest BCUT2D eigenvalue weighted by molar-refractivity contribution is 6.30. The molecule has 0 unspecified atom stereocenters. The van der Waals surface area contributed by atoms with Crippen molar-refractivity contribution in [3.8, 4) is 0 Å². The van der Waals surface area contributed by atoms with Crippen LogP contribution in [0.25, 0.3) is 0 Å². The summed E-state index contributed by atoms with van der Waals surface area (Å²) in [4.78, 5) is 15.2. The lowest BCUT2D eigenvalue weighted by Crippen LogP contribution is -2.33. The quantitative estimate of drug-likeness (QED) is 0.603. The zero-order chi connectivity index (χ0) is 19.8. The van der Waals surface area contributed by atoms with Gasteiger partial charge in [0.15, 0.2) is 0 Å². The van der Waals surface area contributed by atoms with Crippen LogP contribution in [0.15, 0.2) is 54.6 Å². The molecule has 1 saturated heterocycles. The molecule has 2 heterocycles. The Morgan fingerprint density at radius 3 is 2.52 bits per heavy atom. The normalized spacial score (nSPS) is 25.7. The maximum absolute atomic E-state index is 13.1. The Kier molecular flexibility index (Phi) is 5.09. The molecular formula is C25H27ClN2O. The van der Waals surface area contributed by atoms with E-state index in [1.165, 1.54) is 24.0 Å². The van der Waals surface area contributed by atoms with E-state index in [9.17, 15) is 4.79 Å². The summed E-state index contributed by atoms with van der Waals surface area (Å²) in [7, 11) is 0. The minimum Gasteiger partial charge on any atom is -0.378 e. The molecule has 1 aliphatic carbocycles. The summed E-state index contributed by atoms with van der Waals surface area (Å²) in [5.74, 6) is 1.00. The molecule has 0 spiro atoms. The first kappa shape index (κ1) is 18.7. The summed E-state index contributed by atoms with van der Waals surface area (Å²) in [5.41, 5.74) is 4.50. The minimum atomic E-state index is 0.188. The molecule has 150 valence electrons. The van der Waals surface area contributed by atoms with Crippen LogP contribution in [0.2, 0.25) is 5.02 Å². The van der Waals surface area contributed by atoms with Crippen molar-refractivity contribution >= 4 is 23.2 Å². The topological polar surface area (TPSA) is 32.3 Å². The largest absolute Gasteiger partial charge is 0.378 e. The van der Waals surface area contributed by atoms with Gasteiger partial charge in [-0.2, -0.15) is 0 Å². The zero-order valence-corrected chi connectivity index (χ0v) is 17.4. The van der Waals surface area contributed by atoms with Crippen molar-refractivity contribution < 1.29 is 4.79 Å². The number of fused-ring (bicyclic) bond motifs is 3. The van der Waals surface area contributed by atoms with Crippen molar-refractivity contribution in [2.45, 2.75) is 44.1 Å². The average molecular weight is 407 g/mol. The van der Waals surface area contributed by atoms with Gasteiger partial charge >= 0.3 is 0 Å². The molecule has 0 saturated carbocycles. The molecule has 0 radical (unpaired) electrons. The van der Waals surface area contributed by atoms with Crippen molar-refractivity contribution in [2.75, 3.05) is 18.4 Å². The Morgan fingerprint density at radius 1 is 1.00 bits per heavy atom. The van der Waals surface area contributed by atoms with Crippen molar-refractivity contribution in [3.63, 3.8) is 0 Å². The minimum absolute atomic E-state index is 0.188. The third kappa shape index (κ3) is 3.57. The molecule has 2 aliphatic heterocycles. The number of nitrogens with zero attached hydrogens (tertiary/aromatic N) is 1. The standard InChI is InChI=1S/C25H27ClN2O/c26-19-11-8-17(9-12-19)24-21-7-5-6-20(21)22-16-18(10-13-23(22)27-24)25(29)28-14-3-1-2-4-15-28/h5-6,8-13,16,20-21,24,27H,1-4,7,14-15H2/t20-,21-,24+/m1/s1. The molecule has 3 nitrogen and oxygen atoms in total. The van der Waals surface area contributed by atoms with Gasteiger partial charge in [0.05, 0.1) is 6.04 Å². The van der Waals surface area contributed by atoms with Crippen LogP contribution in [0, 0.1) is 5.92 Å². The third-order valence-electron chi connectivity index (χ3n) is 6.73. The maximum atomic E-state index is 13.1. The third-order valence-corrected chi connectivity index (χ3v) is 6.98. The molecule has 3 atom stereocenters. The van der Waals surface area contributed by atoms with Gasteiger partial charge in [0.25, 0.3) is 5.91 Å². The smallest absolute Gasteiger partial charge is 0.253 e. The van der Waals surface area contributed by atoms with Gasteiger partial charge in [-0.25, -0.2) is 0 Å². The van der Waals surface area contributed by atoms with E-state index < -0.39 is 0 Å². The number of likely N-dealkylation sites (tertiary alicyclic amines) is 1. The fraction of sp³-hybridized carbons (Fsp3) is 0.400. The van der Waals surface area contributed by atoms with Gasteiger partial charge in [0, 0.05) is 35.3 Å². The van der Waals surface area contributed by atoms with E-state index in [-0.39, 0.29) is 11.9 Å². The van der Waals surface area contributed by atoms with Crippen LogP contribution in [0.1, 0.15) is 65.5 Å². The Hall–Kier alpha value is -2.26. The van der Waals surface area contributed by atoms with Gasteiger partial charge in [-0.1, -0.05) is 48.7 Å². The predicted molar refractivity (Wildman–Crippen MR) is 119 cm³/mol. The highest BCUT2D eigenvalue weighted by Gasteiger charge is 2.38. The van der Waals surface area contributed by atoms with Crippen LogP contribution < -0.4 is 5.32 Å². The van der Waals surface area contributed by atoms with Crippen LogP contribution in [0.3, 0.4) is 0 Å². The molecule has 1 amide bonds. The molecule has 0 bridgehead atoms.